The first kappa shape index (κ1) is 23.1. The van der Waals surface area contributed by atoms with Gasteiger partial charge in [-0.25, -0.2) is 0 Å². The van der Waals surface area contributed by atoms with Crippen LogP contribution in [0.3, 0.4) is 0 Å². The Balaban J connectivity index is 0.000000263. The molecule has 140 valence electrons. The van der Waals surface area contributed by atoms with Crippen molar-refractivity contribution in [1.82, 2.24) is 0 Å². The molecule has 0 aliphatic rings. The zero-order chi connectivity index (χ0) is 20.3. The average Bonchev–Trinajstić information content (AvgIpc) is 2.56. The van der Waals surface area contributed by atoms with Crippen LogP contribution in [-0.2, 0) is 0 Å². The number of nitro benzene ring substituents is 2. The minimum Gasteiger partial charge on any atom is -0.397 e. The molecule has 2 aromatic rings. The van der Waals surface area contributed by atoms with Gasteiger partial charge in [0.1, 0.15) is 15.1 Å². The molecular formula is C12H4Cl7N3O4. The third-order valence-electron chi connectivity index (χ3n) is 2.66. The molecule has 26 heavy (non-hydrogen) atoms. The predicted octanol–water partition coefficient (Wildman–Crippen LogP) is 7.35. The van der Waals surface area contributed by atoms with E-state index in [4.69, 9.17) is 86.9 Å². The van der Waals surface area contributed by atoms with Crippen LogP contribution in [0.2, 0.25) is 35.2 Å². The Kier molecular flexibility index (Phi) is 8.29. The molecule has 0 atom stereocenters. The first-order valence-corrected chi connectivity index (χ1v) is 8.60. The topological polar surface area (TPSA) is 112 Å². The summed E-state index contributed by atoms with van der Waals surface area (Å²) in [7, 11) is 0. The fourth-order valence-electron chi connectivity index (χ4n) is 1.45. The van der Waals surface area contributed by atoms with E-state index in [-0.39, 0.29) is 46.5 Å². The Hall–Kier alpha value is -0.930. The van der Waals surface area contributed by atoms with Crippen LogP contribution in [0.15, 0.2) is 12.1 Å². The molecular weight excluding hydrogens is 498 g/mol. The molecule has 0 fully saturated rings. The monoisotopic (exact) mass is 499 g/mol. The first-order chi connectivity index (χ1) is 11.9. The van der Waals surface area contributed by atoms with Crippen molar-refractivity contribution in [3.05, 3.63) is 67.5 Å². The molecule has 0 saturated heterocycles. The zero-order valence-corrected chi connectivity index (χ0v) is 17.2. The van der Waals surface area contributed by atoms with Gasteiger partial charge in [-0.3, -0.25) is 20.2 Å². The maximum atomic E-state index is 10.5. The molecule has 7 nitrogen and oxygen atoms in total. The van der Waals surface area contributed by atoms with Gasteiger partial charge in [-0.05, 0) is 6.07 Å². The van der Waals surface area contributed by atoms with Crippen LogP contribution in [0.4, 0.5) is 17.1 Å². The first-order valence-electron chi connectivity index (χ1n) is 5.95. The molecule has 0 amide bonds. The van der Waals surface area contributed by atoms with Crippen molar-refractivity contribution in [1.29, 1.82) is 0 Å². The second-order valence-electron chi connectivity index (χ2n) is 4.23. The number of nitrogen functional groups attached to an aromatic ring is 1. The number of halogens is 7. The number of nitro groups is 2. The van der Waals surface area contributed by atoms with Crippen molar-refractivity contribution < 1.29 is 9.85 Å². The summed E-state index contributed by atoms with van der Waals surface area (Å²) < 4.78 is 0. The van der Waals surface area contributed by atoms with Gasteiger partial charge in [0.2, 0.25) is 0 Å². The van der Waals surface area contributed by atoms with Gasteiger partial charge < -0.3 is 5.73 Å². The Morgan fingerprint density at radius 3 is 1.46 bits per heavy atom. The van der Waals surface area contributed by atoms with Crippen LogP contribution < -0.4 is 5.73 Å². The van der Waals surface area contributed by atoms with Crippen molar-refractivity contribution >= 4 is 98.3 Å². The SMILES string of the molecule is Nc1ccc([N+](=O)[O-])c(Cl)c1Cl.O=[N+]([O-])c1c(Cl)c(Cl)c(Cl)c(Cl)c1Cl. The number of rotatable bonds is 2. The molecule has 2 aromatic carbocycles. The number of anilines is 1. The standard InChI is InChI=1S/C6Cl5NO2.C6H4Cl2N2O2/c7-1-2(8)4(10)6(12(13)14)5(11)3(1)9;7-5-3(9)1-2-4(6(5)8)10(11)12/h;1-2H,9H2. The normalized spacial score (nSPS) is 10.1. The van der Waals surface area contributed by atoms with Crippen LogP contribution in [0.25, 0.3) is 0 Å². The highest BCUT2D eigenvalue weighted by molar-refractivity contribution is 6.56. The van der Waals surface area contributed by atoms with E-state index in [0.717, 1.165) is 0 Å². The van der Waals surface area contributed by atoms with Crippen molar-refractivity contribution in [2.45, 2.75) is 0 Å². The molecule has 0 aromatic heterocycles. The van der Waals surface area contributed by atoms with Crippen LogP contribution in [-0.4, -0.2) is 9.85 Å². The van der Waals surface area contributed by atoms with E-state index in [9.17, 15) is 20.2 Å². The van der Waals surface area contributed by atoms with Crippen LogP contribution in [0.1, 0.15) is 0 Å². The van der Waals surface area contributed by atoms with Gasteiger partial charge in [0.15, 0.2) is 0 Å². The van der Waals surface area contributed by atoms with Gasteiger partial charge in [0.25, 0.3) is 5.69 Å². The Labute approximate surface area is 180 Å². The highest BCUT2D eigenvalue weighted by Crippen LogP contribution is 2.47. The maximum absolute atomic E-state index is 10.5. The number of nitrogens with zero attached hydrogens (tertiary/aromatic N) is 2. The van der Waals surface area contributed by atoms with E-state index in [2.05, 4.69) is 0 Å². The number of hydrogen-bond donors (Lipinski definition) is 1. The van der Waals surface area contributed by atoms with E-state index in [0.29, 0.717) is 0 Å². The summed E-state index contributed by atoms with van der Waals surface area (Å²) in [4.78, 5) is 19.4. The minimum absolute atomic E-state index is 0.0193. The van der Waals surface area contributed by atoms with Crippen molar-refractivity contribution in [2.75, 3.05) is 5.73 Å². The number of nitrogens with two attached hydrogens (primary N) is 1. The lowest BCUT2D eigenvalue weighted by Crippen LogP contribution is -1.92. The lowest BCUT2D eigenvalue weighted by Gasteiger charge is -2.05. The van der Waals surface area contributed by atoms with Gasteiger partial charge in [0, 0.05) is 6.07 Å². The summed E-state index contributed by atoms with van der Waals surface area (Å²) in [6.45, 7) is 0. The molecule has 0 saturated carbocycles. The van der Waals surface area contributed by atoms with E-state index >= 15 is 0 Å². The van der Waals surface area contributed by atoms with Gasteiger partial charge >= 0.3 is 5.69 Å². The summed E-state index contributed by atoms with van der Waals surface area (Å²) in [5.74, 6) is 0. The van der Waals surface area contributed by atoms with Crippen molar-refractivity contribution in [2.24, 2.45) is 0 Å². The lowest BCUT2D eigenvalue weighted by molar-refractivity contribution is -0.384. The zero-order valence-electron chi connectivity index (χ0n) is 11.9. The van der Waals surface area contributed by atoms with Gasteiger partial charge in [-0.1, -0.05) is 81.2 Å². The molecule has 0 radical (unpaired) electrons. The summed E-state index contributed by atoms with van der Waals surface area (Å²) in [5, 5.41) is 19.6. The largest absolute Gasteiger partial charge is 0.397 e. The molecule has 14 heteroatoms. The van der Waals surface area contributed by atoms with Crippen LogP contribution in [0, 0.1) is 20.2 Å². The number of hydrogen-bond acceptors (Lipinski definition) is 5. The number of benzene rings is 2. The van der Waals surface area contributed by atoms with E-state index < -0.39 is 15.5 Å². The quantitative estimate of drug-likeness (QED) is 0.152. The van der Waals surface area contributed by atoms with E-state index in [1.807, 2.05) is 0 Å². The third kappa shape index (κ3) is 4.86. The van der Waals surface area contributed by atoms with Crippen molar-refractivity contribution in [3.63, 3.8) is 0 Å². The molecule has 0 aliphatic heterocycles. The molecule has 2 rings (SSSR count). The van der Waals surface area contributed by atoms with E-state index in [1.165, 1.54) is 12.1 Å². The predicted molar refractivity (Wildman–Crippen MR) is 106 cm³/mol. The van der Waals surface area contributed by atoms with Gasteiger partial charge in [0.05, 0.1) is 35.6 Å². The summed E-state index contributed by atoms with van der Waals surface area (Å²) in [6.07, 6.45) is 0. The van der Waals surface area contributed by atoms with Gasteiger partial charge in [-0.2, -0.15) is 0 Å². The smallest absolute Gasteiger partial charge is 0.309 e. The van der Waals surface area contributed by atoms with E-state index in [1.54, 1.807) is 0 Å². The summed E-state index contributed by atoms with van der Waals surface area (Å²) >= 11 is 39.0. The molecule has 0 unspecified atom stereocenters. The minimum atomic E-state index is -0.779. The molecule has 0 heterocycles. The molecule has 2 N–H and O–H groups in total. The Bertz CT molecular complexity index is 878. The fraction of sp³-hybridized carbons (Fsp3) is 0. The highest BCUT2D eigenvalue weighted by Gasteiger charge is 2.27. The van der Waals surface area contributed by atoms with Gasteiger partial charge in [-0.15, -0.1) is 0 Å². The maximum Gasteiger partial charge on any atom is 0.309 e. The average molecular weight is 502 g/mol. The summed E-state index contributed by atoms with van der Waals surface area (Å²) in [5.41, 5.74) is 4.79. The molecule has 0 spiro atoms. The van der Waals surface area contributed by atoms with Crippen LogP contribution >= 0.6 is 81.2 Å². The second-order valence-corrected chi connectivity index (χ2v) is 6.88. The lowest BCUT2D eigenvalue weighted by atomic mass is 10.3. The highest BCUT2D eigenvalue weighted by atomic mass is 35.5. The van der Waals surface area contributed by atoms with Crippen LogP contribution in [0.5, 0.6) is 0 Å². The summed E-state index contributed by atoms with van der Waals surface area (Å²) in [6, 6.07) is 2.55. The third-order valence-corrected chi connectivity index (χ3v) is 5.80. The molecule has 0 aliphatic carbocycles. The second kappa shape index (κ2) is 9.32. The Morgan fingerprint density at radius 2 is 1.08 bits per heavy atom. The van der Waals surface area contributed by atoms with Crippen molar-refractivity contribution in [3.8, 4) is 0 Å². The Morgan fingerprint density at radius 1 is 0.654 bits per heavy atom. The molecule has 0 bridgehead atoms. The fourth-order valence-corrected chi connectivity index (χ4v) is 3.12.